The molecule has 0 amide bonds. The van der Waals surface area contributed by atoms with Gasteiger partial charge in [0.05, 0.1) is 6.61 Å². The Morgan fingerprint density at radius 3 is 2.33 bits per heavy atom. The second-order valence-electron chi connectivity index (χ2n) is 4.62. The molecule has 0 saturated heterocycles. The van der Waals surface area contributed by atoms with E-state index in [1.165, 1.54) is 0 Å². The van der Waals surface area contributed by atoms with Crippen molar-refractivity contribution in [1.29, 1.82) is 0 Å². The highest BCUT2D eigenvalue weighted by Crippen LogP contribution is 2.33. The number of carbonyl (C=O) groups excluding carboxylic acids is 1. The molecule has 1 unspecified atom stereocenters. The van der Waals surface area contributed by atoms with Crippen LogP contribution in [0.3, 0.4) is 0 Å². The molecule has 21 heavy (non-hydrogen) atoms. The Kier molecular flexibility index (Phi) is 6.84. The minimum absolute atomic E-state index is 0.0428. The molecule has 1 rings (SSSR count). The van der Waals surface area contributed by atoms with E-state index < -0.39 is 17.4 Å². The smallest absolute Gasteiger partial charge is 0.328 e. The highest BCUT2D eigenvalue weighted by Gasteiger charge is 2.48. The van der Waals surface area contributed by atoms with E-state index in [2.05, 4.69) is 15.9 Å². The van der Waals surface area contributed by atoms with Crippen molar-refractivity contribution in [1.82, 2.24) is 0 Å². The molecule has 0 aromatic heterocycles. The summed E-state index contributed by atoms with van der Waals surface area (Å²) in [6, 6.07) is 6.60. The molecule has 1 atom stereocenters. The van der Waals surface area contributed by atoms with Crippen LogP contribution >= 0.6 is 15.9 Å². The Bertz CT molecular complexity index is 485. The Balaban J connectivity index is 3.25. The number of aliphatic hydroxyl groups excluding tert-OH is 1. The van der Waals surface area contributed by atoms with Crippen LogP contribution < -0.4 is 0 Å². The highest BCUT2D eigenvalue weighted by atomic mass is 79.9. The zero-order valence-corrected chi connectivity index (χ0v) is 13.4. The first-order valence-corrected chi connectivity index (χ1v) is 7.55. The van der Waals surface area contributed by atoms with Crippen LogP contribution in [0.5, 0.6) is 0 Å². The largest absolute Gasteiger partial charge is 0.480 e. The minimum Gasteiger partial charge on any atom is -0.480 e. The van der Waals surface area contributed by atoms with Crippen molar-refractivity contribution >= 4 is 27.9 Å². The van der Waals surface area contributed by atoms with E-state index in [1.54, 1.807) is 31.2 Å². The molecule has 1 aromatic rings. The fraction of sp³-hybridized carbons (Fsp3) is 0.467. The predicted octanol–water partition coefficient (Wildman–Crippen LogP) is 2.50. The van der Waals surface area contributed by atoms with E-state index in [0.717, 1.165) is 4.47 Å². The summed E-state index contributed by atoms with van der Waals surface area (Å²) >= 11 is 3.28. The van der Waals surface area contributed by atoms with Crippen molar-refractivity contribution in [2.45, 2.75) is 31.6 Å². The van der Waals surface area contributed by atoms with E-state index in [-0.39, 0.29) is 19.6 Å². The molecule has 0 bridgehead atoms. The molecular weight excluding hydrogens is 340 g/mol. The van der Waals surface area contributed by atoms with Gasteiger partial charge < -0.3 is 14.9 Å². The van der Waals surface area contributed by atoms with Gasteiger partial charge in [0.15, 0.2) is 5.41 Å². The van der Waals surface area contributed by atoms with Gasteiger partial charge in [0.2, 0.25) is 0 Å². The van der Waals surface area contributed by atoms with Gasteiger partial charge in [-0.25, -0.2) is 0 Å². The van der Waals surface area contributed by atoms with Crippen LogP contribution in [0.1, 0.15) is 31.7 Å². The molecular formula is C15H19BrO5. The summed E-state index contributed by atoms with van der Waals surface area (Å²) in [5.41, 5.74) is -1.35. The quantitative estimate of drug-likeness (QED) is 0.423. The van der Waals surface area contributed by atoms with E-state index >= 15 is 0 Å². The maximum Gasteiger partial charge on any atom is 0.328 e. The Labute approximate surface area is 132 Å². The fourth-order valence-corrected chi connectivity index (χ4v) is 2.44. The van der Waals surface area contributed by atoms with Crippen LogP contribution in [-0.4, -0.2) is 35.4 Å². The second-order valence-corrected chi connectivity index (χ2v) is 5.53. The van der Waals surface area contributed by atoms with Gasteiger partial charge in [0.1, 0.15) is 0 Å². The molecule has 0 aliphatic heterocycles. The van der Waals surface area contributed by atoms with Gasteiger partial charge in [-0.2, -0.15) is 0 Å². The molecule has 0 aliphatic rings. The lowest BCUT2D eigenvalue weighted by atomic mass is 9.76. The van der Waals surface area contributed by atoms with Crippen molar-refractivity contribution in [3.05, 3.63) is 34.3 Å². The molecule has 2 N–H and O–H groups in total. The monoisotopic (exact) mass is 358 g/mol. The van der Waals surface area contributed by atoms with Crippen LogP contribution in [0.4, 0.5) is 0 Å². The van der Waals surface area contributed by atoms with Crippen LogP contribution in [0.25, 0.3) is 0 Å². The average molecular weight is 359 g/mol. The zero-order chi connectivity index (χ0) is 15.9. The van der Waals surface area contributed by atoms with Crippen molar-refractivity contribution in [3.8, 4) is 0 Å². The lowest BCUT2D eigenvalue weighted by Crippen LogP contribution is -2.45. The highest BCUT2D eigenvalue weighted by molar-refractivity contribution is 9.10. The van der Waals surface area contributed by atoms with Crippen molar-refractivity contribution < 1.29 is 24.5 Å². The molecule has 1 aromatic carbocycles. The van der Waals surface area contributed by atoms with Crippen molar-refractivity contribution in [2.24, 2.45) is 0 Å². The molecule has 116 valence electrons. The third-order valence-electron chi connectivity index (χ3n) is 3.29. The van der Waals surface area contributed by atoms with Gasteiger partial charge in [-0.3, -0.25) is 9.59 Å². The number of carboxylic acids is 1. The van der Waals surface area contributed by atoms with Crippen molar-refractivity contribution in [2.75, 3.05) is 13.2 Å². The van der Waals surface area contributed by atoms with Gasteiger partial charge in [0.25, 0.3) is 0 Å². The van der Waals surface area contributed by atoms with Gasteiger partial charge >= 0.3 is 11.9 Å². The number of unbranched alkanes of at least 4 members (excludes halogenated alkanes) is 1. The summed E-state index contributed by atoms with van der Waals surface area (Å²) in [5.74, 6) is -2.00. The summed E-state index contributed by atoms with van der Waals surface area (Å²) < 4.78 is 5.79. The summed E-state index contributed by atoms with van der Waals surface area (Å²) in [6.45, 7) is 1.71. The topological polar surface area (TPSA) is 83.8 Å². The summed E-state index contributed by atoms with van der Waals surface area (Å²) in [5, 5.41) is 18.5. The Morgan fingerprint density at radius 1 is 1.24 bits per heavy atom. The first kappa shape index (κ1) is 17.7. The third kappa shape index (κ3) is 4.04. The SMILES string of the molecule is CCOC(=O)C(CCCCO)(C(=O)O)c1ccc(Br)cc1. The summed E-state index contributed by atoms with van der Waals surface area (Å²) in [4.78, 5) is 24.2. The van der Waals surface area contributed by atoms with E-state index in [1.807, 2.05) is 0 Å². The van der Waals surface area contributed by atoms with Gasteiger partial charge in [-0.1, -0.05) is 28.1 Å². The number of benzene rings is 1. The molecule has 0 spiro atoms. The number of hydrogen-bond donors (Lipinski definition) is 2. The Morgan fingerprint density at radius 2 is 1.86 bits per heavy atom. The molecule has 0 heterocycles. The molecule has 0 radical (unpaired) electrons. The fourth-order valence-electron chi connectivity index (χ4n) is 2.17. The molecule has 0 aliphatic carbocycles. The number of carboxylic acid groups (broad SMARTS) is 1. The second kappa shape index (κ2) is 8.14. The van der Waals surface area contributed by atoms with E-state index in [9.17, 15) is 14.7 Å². The van der Waals surface area contributed by atoms with Crippen molar-refractivity contribution in [3.63, 3.8) is 0 Å². The normalized spacial score (nSPS) is 13.5. The number of halogens is 1. The van der Waals surface area contributed by atoms with Crippen LogP contribution in [0.15, 0.2) is 28.7 Å². The third-order valence-corrected chi connectivity index (χ3v) is 3.81. The first-order chi connectivity index (χ1) is 9.98. The number of esters is 1. The minimum atomic E-state index is -1.73. The number of rotatable bonds is 8. The molecule has 0 saturated carbocycles. The lowest BCUT2D eigenvalue weighted by molar-refractivity contribution is -0.162. The molecule has 5 nitrogen and oxygen atoms in total. The number of carbonyl (C=O) groups is 2. The van der Waals surface area contributed by atoms with E-state index in [4.69, 9.17) is 9.84 Å². The van der Waals surface area contributed by atoms with Gasteiger partial charge in [-0.15, -0.1) is 0 Å². The lowest BCUT2D eigenvalue weighted by Gasteiger charge is -2.27. The van der Waals surface area contributed by atoms with Gasteiger partial charge in [0, 0.05) is 11.1 Å². The molecule has 6 heteroatoms. The zero-order valence-electron chi connectivity index (χ0n) is 11.8. The number of ether oxygens (including phenoxy) is 1. The summed E-state index contributed by atoms with van der Waals surface area (Å²) in [7, 11) is 0. The standard InChI is InChI=1S/C15H19BrO5/c1-2-21-14(20)15(13(18)19,9-3-4-10-17)11-5-7-12(16)8-6-11/h5-8,17H,2-4,9-10H2,1H3,(H,18,19). The van der Waals surface area contributed by atoms with E-state index in [0.29, 0.717) is 18.4 Å². The predicted molar refractivity (Wildman–Crippen MR) is 81.0 cm³/mol. The Hall–Kier alpha value is -1.40. The molecule has 0 fully saturated rings. The van der Waals surface area contributed by atoms with Crippen LogP contribution in [0.2, 0.25) is 0 Å². The number of aliphatic carboxylic acids is 1. The number of aliphatic hydroxyl groups is 1. The maximum atomic E-state index is 12.3. The number of hydrogen-bond acceptors (Lipinski definition) is 4. The average Bonchev–Trinajstić information content (AvgIpc) is 2.45. The first-order valence-electron chi connectivity index (χ1n) is 6.76. The summed E-state index contributed by atoms with van der Waals surface area (Å²) in [6.07, 6.45) is 0.937. The van der Waals surface area contributed by atoms with Crippen LogP contribution in [-0.2, 0) is 19.7 Å². The van der Waals surface area contributed by atoms with Gasteiger partial charge in [-0.05, 0) is 43.9 Å². The maximum absolute atomic E-state index is 12.3. The van der Waals surface area contributed by atoms with Crippen LogP contribution in [0, 0.1) is 0 Å².